The summed E-state index contributed by atoms with van der Waals surface area (Å²) in [6.07, 6.45) is 4.43. The van der Waals surface area contributed by atoms with Gasteiger partial charge in [0, 0.05) is 48.2 Å². The summed E-state index contributed by atoms with van der Waals surface area (Å²) in [5, 5.41) is 0. The highest BCUT2D eigenvalue weighted by molar-refractivity contribution is 6.18. The van der Waals surface area contributed by atoms with E-state index in [4.69, 9.17) is 23.2 Å². The SMILES string of the molecule is C[N+]1=C(/C=C/c2ccc(N(CCCl)CCCl)cc2)C(C)(C)c2ccccc21. The number of rotatable bonds is 7. The van der Waals surface area contributed by atoms with Gasteiger partial charge < -0.3 is 4.90 Å². The Hall–Kier alpha value is -1.77. The molecule has 27 heavy (non-hydrogen) atoms. The monoisotopic (exact) mass is 401 g/mol. The van der Waals surface area contributed by atoms with Crippen LogP contribution in [0.3, 0.4) is 0 Å². The number of fused-ring (bicyclic) bond motifs is 1. The minimum Gasteiger partial charge on any atom is -0.369 e. The molecule has 0 radical (unpaired) electrons. The third-order valence-corrected chi connectivity index (χ3v) is 5.68. The van der Waals surface area contributed by atoms with Crippen molar-refractivity contribution >= 4 is 46.4 Å². The van der Waals surface area contributed by atoms with E-state index in [1.807, 2.05) is 0 Å². The van der Waals surface area contributed by atoms with Gasteiger partial charge in [-0.25, -0.2) is 0 Å². The molecule has 2 aromatic carbocycles. The standard InChI is InChI=1S/C23H27Cl2N2/c1-23(2)20-6-4-5-7-21(20)26(3)22(23)13-10-18-8-11-19(12-9-18)27(16-14-24)17-15-25/h4-13H,14-17H2,1-3H3/q+1. The van der Waals surface area contributed by atoms with Crippen LogP contribution in [-0.2, 0) is 5.41 Å². The Morgan fingerprint density at radius 3 is 2.15 bits per heavy atom. The minimum atomic E-state index is -0.000715. The van der Waals surface area contributed by atoms with Crippen LogP contribution >= 0.6 is 23.2 Å². The maximum absolute atomic E-state index is 5.91. The lowest BCUT2D eigenvalue weighted by Gasteiger charge is -2.22. The van der Waals surface area contributed by atoms with E-state index < -0.39 is 0 Å². The van der Waals surface area contributed by atoms with Crippen molar-refractivity contribution in [2.45, 2.75) is 19.3 Å². The second-order valence-corrected chi connectivity index (χ2v) is 8.13. The summed E-state index contributed by atoms with van der Waals surface area (Å²) in [5.41, 5.74) is 6.31. The Bertz CT molecular complexity index is 845. The Kier molecular flexibility index (Phi) is 6.29. The van der Waals surface area contributed by atoms with Crippen LogP contribution in [0.25, 0.3) is 6.08 Å². The van der Waals surface area contributed by atoms with E-state index in [2.05, 4.69) is 91.1 Å². The molecule has 0 aliphatic carbocycles. The Morgan fingerprint density at radius 2 is 1.56 bits per heavy atom. The molecule has 0 fully saturated rings. The molecule has 2 aromatic rings. The maximum Gasteiger partial charge on any atom is 0.209 e. The van der Waals surface area contributed by atoms with Gasteiger partial charge in [-0.1, -0.05) is 30.3 Å². The van der Waals surface area contributed by atoms with Gasteiger partial charge in [-0.2, -0.15) is 4.58 Å². The number of anilines is 1. The highest BCUT2D eigenvalue weighted by Crippen LogP contribution is 2.39. The molecule has 0 saturated carbocycles. The molecule has 0 spiro atoms. The van der Waals surface area contributed by atoms with Crippen molar-refractivity contribution in [3.63, 3.8) is 0 Å². The van der Waals surface area contributed by atoms with E-state index in [1.165, 1.54) is 22.5 Å². The van der Waals surface area contributed by atoms with Crippen LogP contribution in [0.1, 0.15) is 25.0 Å². The van der Waals surface area contributed by atoms with Crippen molar-refractivity contribution in [3.8, 4) is 0 Å². The summed E-state index contributed by atoms with van der Waals surface area (Å²) in [6, 6.07) is 17.2. The van der Waals surface area contributed by atoms with E-state index in [9.17, 15) is 0 Å². The van der Waals surface area contributed by atoms with Gasteiger partial charge in [0.2, 0.25) is 5.69 Å². The largest absolute Gasteiger partial charge is 0.369 e. The lowest BCUT2D eigenvalue weighted by Crippen LogP contribution is -2.27. The third kappa shape index (κ3) is 4.07. The molecule has 0 amide bonds. The average Bonchev–Trinajstić information content (AvgIpc) is 2.87. The highest BCUT2D eigenvalue weighted by Gasteiger charge is 2.42. The zero-order valence-corrected chi connectivity index (χ0v) is 17.8. The second kappa shape index (κ2) is 8.50. The first kappa shape index (κ1) is 20.0. The first-order chi connectivity index (χ1) is 13.0. The molecule has 0 unspecified atom stereocenters. The van der Waals surface area contributed by atoms with Gasteiger partial charge in [-0.05, 0) is 37.6 Å². The number of hydrogen-bond acceptors (Lipinski definition) is 1. The smallest absolute Gasteiger partial charge is 0.209 e. The molecule has 1 aliphatic rings. The van der Waals surface area contributed by atoms with Gasteiger partial charge in [0.25, 0.3) is 0 Å². The Morgan fingerprint density at radius 1 is 0.926 bits per heavy atom. The first-order valence-corrected chi connectivity index (χ1v) is 10.4. The maximum atomic E-state index is 5.91. The summed E-state index contributed by atoms with van der Waals surface area (Å²) in [4.78, 5) is 2.22. The molecule has 0 saturated heterocycles. The zero-order valence-electron chi connectivity index (χ0n) is 16.3. The van der Waals surface area contributed by atoms with Crippen molar-refractivity contribution in [2.75, 3.05) is 36.8 Å². The molecular weight excluding hydrogens is 375 g/mol. The fourth-order valence-corrected chi connectivity index (χ4v) is 4.26. The molecule has 142 valence electrons. The van der Waals surface area contributed by atoms with Crippen LogP contribution in [0.4, 0.5) is 11.4 Å². The molecule has 0 atom stereocenters. The Labute approximate surface area is 172 Å². The van der Waals surface area contributed by atoms with Crippen molar-refractivity contribution < 1.29 is 4.58 Å². The molecule has 1 heterocycles. The first-order valence-electron chi connectivity index (χ1n) is 9.34. The number of nitrogens with zero attached hydrogens (tertiary/aromatic N) is 2. The van der Waals surface area contributed by atoms with Gasteiger partial charge in [0.05, 0.1) is 5.41 Å². The molecule has 3 rings (SSSR count). The van der Waals surface area contributed by atoms with Gasteiger partial charge in [-0.3, -0.25) is 0 Å². The molecule has 0 N–H and O–H groups in total. The minimum absolute atomic E-state index is 0.000715. The normalized spacial score (nSPS) is 15.4. The fourth-order valence-electron chi connectivity index (χ4n) is 3.85. The van der Waals surface area contributed by atoms with Crippen LogP contribution in [0.5, 0.6) is 0 Å². The van der Waals surface area contributed by atoms with E-state index >= 15 is 0 Å². The predicted octanol–water partition coefficient (Wildman–Crippen LogP) is 5.69. The van der Waals surface area contributed by atoms with Crippen molar-refractivity contribution in [1.82, 2.24) is 0 Å². The van der Waals surface area contributed by atoms with Crippen LogP contribution in [-0.4, -0.2) is 42.2 Å². The van der Waals surface area contributed by atoms with Crippen molar-refractivity contribution in [1.29, 1.82) is 0 Å². The number of para-hydroxylation sites is 1. The molecular formula is C23H27Cl2N2+. The highest BCUT2D eigenvalue weighted by atomic mass is 35.5. The summed E-state index contributed by atoms with van der Waals surface area (Å²) in [7, 11) is 2.15. The fraction of sp³-hybridized carbons (Fsp3) is 0.348. The summed E-state index contributed by atoms with van der Waals surface area (Å²) >= 11 is 11.8. The van der Waals surface area contributed by atoms with Gasteiger partial charge in [0.15, 0.2) is 5.71 Å². The zero-order chi connectivity index (χ0) is 19.4. The Balaban J connectivity index is 1.82. The number of halogens is 2. The van der Waals surface area contributed by atoms with E-state index in [1.54, 1.807) is 0 Å². The van der Waals surface area contributed by atoms with Crippen LogP contribution in [0.2, 0.25) is 0 Å². The molecule has 0 bridgehead atoms. The number of allylic oxidation sites excluding steroid dienone is 1. The van der Waals surface area contributed by atoms with E-state index in [0.29, 0.717) is 11.8 Å². The summed E-state index contributed by atoms with van der Waals surface area (Å²) in [6.45, 7) is 6.18. The lowest BCUT2D eigenvalue weighted by atomic mass is 9.81. The predicted molar refractivity (Wildman–Crippen MR) is 119 cm³/mol. The lowest BCUT2D eigenvalue weighted by molar-refractivity contribution is -0.401. The summed E-state index contributed by atoms with van der Waals surface area (Å²) in [5.74, 6) is 1.19. The van der Waals surface area contributed by atoms with E-state index in [0.717, 1.165) is 18.8 Å². The number of benzene rings is 2. The quantitative estimate of drug-likeness (QED) is 0.426. The van der Waals surface area contributed by atoms with E-state index in [-0.39, 0.29) is 5.41 Å². The van der Waals surface area contributed by atoms with Gasteiger partial charge >= 0.3 is 0 Å². The third-order valence-electron chi connectivity index (χ3n) is 5.34. The topological polar surface area (TPSA) is 6.25 Å². The van der Waals surface area contributed by atoms with Crippen molar-refractivity contribution in [3.05, 3.63) is 65.7 Å². The number of hydrogen-bond donors (Lipinski definition) is 0. The molecule has 1 aliphatic heterocycles. The van der Waals surface area contributed by atoms with Crippen molar-refractivity contribution in [2.24, 2.45) is 0 Å². The molecule has 2 nitrogen and oxygen atoms in total. The second-order valence-electron chi connectivity index (χ2n) is 7.38. The van der Waals surface area contributed by atoms with Crippen LogP contribution in [0.15, 0.2) is 54.6 Å². The van der Waals surface area contributed by atoms with Gasteiger partial charge in [0.1, 0.15) is 7.05 Å². The van der Waals surface area contributed by atoms with Gasteiger partial charge in [-0.15, -0.1) is 23.2 Å². The average molecular weight is 402 g/mol. The van der Waals surface area contributed by atoms with Crippen LogP contribution < -0.4 is 4.90 Å². The molecule has 0 aromatic heterocycles. The molecule has 4 heteroatoms. The number of alkyl halides is 2. The van der Waals surface area contributed by atoms with Crippen LogP contribution in [0, 0.1) is 0 Å². The summed E-state index contributed by atoms with van der Waals surface area (Å²) < 4.78 is 2.29.